The molecule has 1 aromatic heterocycles. The summed E-state index contributed by atoms with van der Waals surface area (Å²) in [5.41, 5.74) is 3.58. The summed E-state index contributed by atoms with van der Waals surface area (Å²) in [6, 6.07) is 27.6. The van der Waals surface area contributed by atoms with Crippen molar-refractivity contribution in [1.29, 1.82) is 0 Å². The Morgan fingerprint density at radius 3 is 2.09 bits per heavy atom. The molecule has 4 aromatic rings. The minimum absolute atomic E-state index is 0.120. The van der Waals surface area contributed by atoms with Crippen LogP contribution in [-0.2, 0) is 19.5 Å². The van der Waals surface area contributed by atoms with Gasteiger partial charge in [0.25, 0.3) is 0 Å². The van der Waals surface area contributed by atoms with Crippen LogP contribution in [0.5, 0.6) is 0 Å². The van der Waals surface area contributed by atoms with Gasteiger partial charge < -0.3 is 0 Å². The number of halogens is 1. The van der Waals surface area contributed by atoms with Crippen LogP contribution in [0.2, 0.25) is 0 Å². The quantitative estimate of drug-likeness (QED) is 0.402. The minimum Gasteiger partial charge on any atom is -0.297 e. The summed E-state index contributed by atoms with van der Waals surface area (Å²) in [5.74, 6) is 0.567. The molecule has 1 aliphatic rings. The molecule has 2 heterocycles. The SMILES string of the molecule is Fc1ccc([C@H](c2nnnn2CCc2ccccc2)N2CCN(Cc3ccccc3)CC2)cc1. The van der Waals surface area contributed by atoms with E-state index in [0.717, 1.165) is 50.5 Å². The van der Waals surface area contributed by atoms with Gasteiger partial charge in [0.2, 0.25) is 0 Å². The van der Waals surface area contributed by atoms with Gasteiger partial charge in [-0.25, -0.2) is 9.07 Å². The summed E-state index contributed by atoms with van der Waals surface area (Å²) >= 11 is 0. The number of aryl methyl sites for hydroxylation is 2. The predicted octanol–water partition coefficient (Wildman–Crippen LogP) is 3.96. The molecule has 5 rings (SSSR count). The van der Waals surface area contributed by atoms with E-state index < -0.39 is 0 Å². The third-order valence-corrected chi connectivity index (χ3v) is 6.47. The summed E-state index contributed by atoms with van der Waals surface area (Å²) < 4.78 is 15.6. The van der Waals surface area contributed by atoms with E-state index in [4.69, 9.17) is 0 Å². The molecular formula is C27H29FN6. The topological polar surface area (TPSA) is 50.1 Å². The molecule has 0 N–H and O–H groups in total. The molecule has 1 fully saturated rings. The predicted molar refractivity (Wildman–Crippen MR) is 129 cm³/mol. The van der Waals surface area contributed by atoms with Gasteiger partial charge in [0.1, 0.15) is 5.82 Å². The maximum Gasteiger partial charge on any atom is 0.173 e. The van der Waals surface area contributed by atoms with Crippen molar-refractivity contribution in [3.05, 3.63) is 113 Å². The molecule has 174 valence electrons. The fraction of sp³-hybridized carbons (Fsp3) is 0.296. The van der Waals surface area contributed by atoms with Crippen molar-refractivity contribution < 1.29 is 4.39 Å². The lowest BCUT2D eigenvalue weighted by Gasteiger charge is -2.39. The summed E-state index contributed by atoms with van der Waals surface area (Å²) in [6.07, 6.45) is 0.847. The van der Waals surface area contributed by atoms with Crippen LogP contribution < -0.4 is 0 Å². The van der Waals surface area contributed by atoms with Gasteiger partial charge in [0.15, 0.2) is 5.82 Å². The van der Waals surface area contributed by atoms with Crippen LogP contribution in [0.25, 0.3) is 0 Å². The number of benzene rings is 3. The highest BCUT2D eigenvalue weighted by Gasteiger charge is 2.30. The number of rotatable bonds is 8. The molecule has 0 saturated carbocycles. The van der Waals surface area contributed by atoms with Crippen molar-refractivity contribution in [3.8, 4) is 0 Å². The first-order chi connectivity index (χ1) is 16.8. The number of tetrazole rings is 1. The Hall–Kier alpha value is -3.42. The van der Waals surface area contributed by atoms with Gasteiger partial charge in [-0.05, 0) is 45.7 Å². The van der Waals surface area contributed by atoms with Crippen LogP contribution in [0.1, 0.15) is 28.6 Å². The average molecular weight is 457 g/mol. The molecule has 0 spiro atoms. The van der Waals surface area contributed by atoms with E-state index in [2.05, 4.69) is 67.8 Å². The van der Waals surface area contributed by atoms with E-state index in [-0.39, 0.29) is 11.9 Å². The van der Waals surface area contributed by atoms with Gasteiger partial charge in [-0.3, -0.25) is 9.80 Å². The van der Waals surface area contributed by atoms with Gasteiger partial charge in [-0.2, -0.15) is 0 Å². The summed E-state index contributed by atoms with van der Waals surface area (Å²) in [6.45, 7) is 5.33. The highest BCUT2D eigenvalue weighted by Crippen LogP contribution is 2.28. The molecule has 7 heteroatoms. The van der Waals surface area contributed by atoms with E-state index in [0.29, 0.717) is 6.54 Å². The molecule has 34 heavy (non-hydrogen) atoms. The molecular weight excluding hydrogens is 427 g/mol. The van der Waals surface area contributed by atoms with Crippen molar-refractivity contribution >= 4 is 0 Å². The number of hydrogen-bond donors (Lipinski definition) is 0. The summed E-state index contributed by atoms with van der Waals surface area (Å²) in [4.78, 5) is 4.89. The largest absolute Gasteiger partial charge is 0.297 e. The Morgan fingerprint density at radius 2 is 1.41 bits per heavy atom. The first-order valence-electron chi connectivity index (χ1n) is 11.8. The molecule has 0 bridgehead atoms. The third kappa shape index (κ3) is 5.38. The molecule has 1 saturated heterocycles. The van der Waals surface area contributed by atoms with E-state index in [1.54, 1.807) is 0 Å². The first-order valence-corrected chi connectivity index (χ1v) is 11.8. The van der Waals surface area contributed by atoms with Crippen molar-refractivity contribution in [1.82, 2.24) is 30.0 Å². The van der Waals surface area contributed by atoms with E-state index in [1.165, 1.54) is 23.3 Å². The maximum absolute atomic E-state index is 13.7. The Kier molecular flexibility index (Phi) is 7.02. The maximum atomic E-state index is 13.7. The summed E-state index contributed by atoms with van der Waals surface area (Å²) in [5, 5.41) is 12.8. The Morgan fingerprint density at radius 1 is 0.765 bits per heavy atom. The number of nitrogens with zero attached hydrogens (tertiary/aromatic N) is 6. The fourth-order valence-electron chi connectivity index (χ4n) is 4.64. The minimum atomic E-state index is -0.237. The van der Waals surface area contributed by atoms with Gasteiger partial charge >= 0.3 is 0 Å². The van der Waals surface area contributed by atoms with Crippen molar-refractivity contribution in [3.63, 3.8) is 0 Å². The van der Waals surface area contributed by atoms with Crippen LogP contribution in [0.3, 0.4) is 0 Å². The lowest BCUT2D eigenvalue weighted by atomic mass is 10.0. The molecule has 0 unspecified atom stereocenters. The van der Waals surface area contributed by atoms with Crippen molar-refractivity contribution in [2.75, 3.05) is 26.2 Å². The number of aromatic nitrogens is 4. The van der Waals surface area contributed by atoms with E-state index in [1.807, 2.05) is 35.0 Å². The average Bonchev–Trinajstić information content (AvgIpc) is 3.34. The monoisotopic (exact) mass is 456 g/mol. The van der Waals surface area contributed by atoms with Gasteiger partial charge in [-0.1, -0.05) is 72.8 Å². The van der Waals surface area contributed by atoms with E-state index in [9.17, 15) is 4.39 Å². The molecule has 1 aliphatic heterocycles. The van der Waals surface area contributed by atoms with Crippen LogP contribution in [0.4, 0.5) is 4.39 Å². The number of hydrogen-bond acceptors (Lipinski definition) is 5. The van der Waals surface area contributed by atoms with Gasteiger partial charge in [0, 0.05) is 39.3 Å². The lowest BCUT2D eigenvalue weighted by Crippen LogP contribution is -2.48. The first kappa shape index (κ1) is 22.4. The van der Waals surface area contributed by atoms with Gasteiger partial charge in [0.05, 0.1) is 6.04 Å². The molecule has 0 aliphatic carbocycles. The van der Waals surface area contributed by atoms with Crippen molar-refractivity contribution in [2.24, 2.45) is 0 Å². The van der Waals surface area contributed by atoms with Crippen LogP contribution in [0, 0.1) is 5.82 Å². The molecule has 0 amide bonds. The normalized spacial score (nSPS) is 15.9. The Labute approximate surface area is 199 Å². The van der Waals surface area contributed by atoms with Crippen LogP contribution in [0.15, 0.2) is 84.9 Å². The molecule has 6 nitrogen and oxygen atoms in total. The van der Waals surface area contributed by atoms with Gasteiger partial charge in [-0.15, -0.1) is 5.10 Å². The van der Waals surface area contributed by atoms with E-state index >= 15 is 0 Å². The zero-order valence-corrected chi connectivity index (χ0v) is 19.2. The highest BCUT2D eigenvalue weighted by atomic mass is 19.1. The van der Waals surface area contributed by atoms with Crippen molar-refractivity contribution in [2.45, 2.75) is 25.6 Å². The summed E-state index contributed by atoms with van der Waals surface area (Å²) in [7, 11) is 0. The fourth-order valence-corrected chi connectivity index (χ4v) is 4.64. The standard InChI is InChI=1S/C27H29FN6/c28-25-13-11-24(12-14-25)26(27-29-30-31-34(27)16-15-22-7-3-1-4-8-22)33-19-17-32(18-20-33)21-23-9-5-2-6-10-23/h1-14,26H,15-21H2/t26-/m1/s1. The second kappa shape index (κ2) is 10.7. The Bertz CT molecular complexity index is 1150. The lowest BCUT2D eigenvalue weighted by molar-refractivity contribution is 0.100. The third-order valence-electron chi connectivity index (χ3n) is 6.47. The van der Waals surface area contributed by atoms with Crippen LogP contribution in [-0.4, -0.2) is 56.2 Å². The molecule has 3 aromatic carbocycles. The second-order valence-electron chi connectivity index (χ2n) is 8.75. The molecule has 0 radical (unpaired) electrons. The second-order valence-corrected chi connectivity index (χ2v) is 8.75. The smallest absolute Gasteiger partial charge is 0.173 e. The zero-order valence-electron chi connectivity index (χ0n) is 19.2. The highest BCUT2D eigenvalue weighted by molar-refractivity contribution is 5.26. The number of piperazine rings is 1. The Balaban J connectivity index is 1.34. The van der Waals surface area contributed by atoms with Crippen LogP contribution >= 0.6 is 0 Å². The molecule has 1 atom stereocenters. The zero-order chi connectivity index (χ0) is 23.2.